The number of carboxylic acid groups (broad SMARTS) is 1. The van der Waals surface area contributed by atoms with Crippen molar-refractivity contribution >= 4 is 5.97 Å². The molecular weight excluding hydrogens is 279 g/mol. The topological polar surface area (TPSA) is 66.8 Å². The van der Waals surface area contributed by atoms with Crippen LogP contribution in [0, 0.1) is 0 Å². The summed E-state index contributed by atoms with van der Waals surface area (Å²) in [6.45, 7) is 0. The maximum atomic E-state index is 12.4. The third-order valence-electron chi connectivity index (χ3n) is 2.04. The van der Waals surface area contributed by atoms with Gasteiger partial charge in [0.2, 0.25) is 0 Å². The molecule has 4 nitrogen and oxygen atoms in total. The fourth-order valence-electron chi connectivity index (χ4n) is 1.26. The molecule has 0 aliphatic rings. The molecule has 1 aromatic carbocycles. The largest absolute Gasteiger partial charge is 0.573 e. The molecule has 2 N–H and O–H groups in total. The lowest BCUT2D eigenvalue weighted by Crippen LogP contribution is -2.20. The van der Waals surface area contributed by atoms with Crippen molar-refractivity contribution in [3.05, 3.63) is 29.3 Å². The van der Waals surface area contributed by atoms with E-state index < -0.39 is 41.7 Å². The maximum absolute atomic E-state index is 12.4. The van der Waals surface area contributed by atoms with E-state index in [0.29, 0.717) is 18.2 Å². The van der Waals surface area contributed by atoms with Crippen LogP contribution in [0.5, 0.6) is 5.75 Å². The Morgan fingerprint density at radius 3 is 2.26 bits per heavy atom. The number of hydrogen-bond donors (Lipinski definition) is 2. The van der Waals surface area contributed by atoms with E-state index in [0.717, 1.165) is 0 Å². The fraction of sp³-hybridized carbons (Fsp3) is 0.300. The highest BCUT2D eigenvalue weighted by Crippen LogP contribution is 2.34. The van der Waals surface area contributed by atoms with Gasteiger partial charge in [-0.25, -0.2) is 13.6 Å². The van der Waals surface area contributed by atoms with Crippen LogP contribution in [0.2, 0.25) is 0 Å². The number of carbonyl (C=O) groups is 1. The first-order chi connectivity index (χ1) is 8.61. The Balaban J connectivity index is 3.26. The van der Waals surface area contributed by atoms with Crippen LogP contribution < -0.4 is 4.74 Å². The lowest BCUT2D eigenvalue weighted by Gasteiger charge is -2.16. The summed E-state index contributed by atoms with van der Waals surface area (Å²) in [5.74, 6) is -3.02. The predicted octanol–water partition coefficient (Wildman–Crippen LogP) is 2.64. The average Bonchev–Trinajstić information content (AvgIpc) is 2.25. The summed E-state index contributed by atoms with van der Waals surface area (Å²) in [5.41, 5.74) is -1.56. The Kier molecular flexibility index (Phi) is 4.30. The highest BCUT2D eigenvalue weighted by molar-refractivity contribution is 5.75. The lowest BCUT2D eigenvalue weighted by molar-refractivity contribution is -0.275. The number of carboxylic acids is 1. The number of hydrogen-bond acceptors (Lipinski definition) is 3. The third kappa shape index (κ3) is 4.05. The van der Waals surface area contributed by atoms with E-state index in [9.17, 15) is 31.9 Å². The van der Waals surface area contributed by atoms with Crippen molar-refractivity contribution in [1.29, 1.82) is 0 Å². The smallest absolute Gasteiger partial charge is 0.479 e. The Labute approximate surface area is 103 Å². The number of benzene rings is 1. The lowest BCUT2D eigenvalue weighted by atomic mass is 10.1. The van der Waals surface area contributed by atoms with Gasteiger partial charge in [0.25, 0.3) is 6.43 Å². The zero-order valence-corrected chi connectivity index (χ0v) is 8.99. The van der Waals surface area contributed by atoms with Gasteiger partial charge in [-0.3, -0.25) is 0 Å². The number of aliphatic carboxylic acids is 1. The summed E-state index contributed by atoms with van der Waals surface area (Å²) in [5, 5.41) is 17.7. The molecule has 0 radical (unpaired) electrons. The first kappa shape index (κ1) is 15.2. The number of halogens is 5. The minimum atomic E-state index is -5.20. The molecular formula is C10H7F5O4. The van der Waals surface area contributed by atoms with Crippen LogP contribution in [-0.2, 0) is 4.79 Å². The first-order valence-electron chi connectivity index (χ1n) is 4.70. The summed E-state index contributed by atoms with van der Waals surface area (Å²) < 4.78 is 64.4. The predicted molar refractivity (Wildman–Crippen MR) is 50.7 cm³/mol. The van der Waals surface area contributed by atoms with E-state index in [2.05, 4.69) is 4.74 Å². The fourth-order valence-corrected chi connectivity index (χ4v) is 1.26. The average molecular weight is 286 g/mol. The molecule has 19 heavy (non-hydrogen) atoms. The van der Waals surface area contributed by atoms with Crippen molar-refractivity contribution in [2.24, 2.45) is 0 Å². The van der Waals surface area contributed by atoms with Gasteiger partial charge in [-0.1, -0.05) is 12.1 Å². The second-order valence-electron chi connectivity index (χ2n) is 3.39. The maximum Gasteiger partial charge on any atom is 0.573 e. The van der Waals surface area contributed by atoms with Crippen LogP contribution in [0.4, 0.5) is 22.0 Å². The summed E-state index contributed by atoms with van der Waals surface area (Å²) in [4.78, 5) is 10.5. The van der Waals surface area contributed by atoms with E-state index in [4.69, 9.17) is 5.11 Å². The summed E-state index contributed by atoms with van der Waals surface area (Å²) in [7, 11) is 0. The van der Waals surface area contributed by atoms with Crippen molar-refractivity contribution in [1.82, 2.24) is 0 Å². The molecule has 1 atom stereocenters. The summed E-state index contributed by atoms with van der Waals surface area (Å²) in [6, 6.07) is 1.68. The minimum Gasteiger partial charge on any atom is -0.479 e. The number of alkyl halides is 5. The van der Waals surface area contributed by atoms with Crippen molar-refractivity contribution in [3.8, 4) is 5.75 Å². The van der Waals surface area contributed by atoms with Crippen LogP contribution in [0.3, 0.4) is 0 Å². The molecule has 0 saturated carbocycles. The van der Waals surface area contributed by atoms with Crippen molar-refractivity contribution < 1.29 is 41.7 Å². The van der Waals surface area contributed by atoms with E-state index in [1.54, 1.807) is 0 Å². The zero-order chi connectivity index (χ0) is 14.8. The normalized spacial score (nSPS) is 13.4. The molecule has 1 rings (SSSR count). The Hall–Kier alpha value is -1.90. The van der Waals surface area contributed by atoms with Crippen molar-refractivity contribution in [3.63, 3.8) is 0 Å². The summed E-state index contributed by atoms with van der Waals surface area (Å²) >= 11 is 0. The molecule has 1 aromatic rings. The van der Waals surface area contributed by atoms with Gasteiger partial charge < -0.3 is 14.9 Å². The highest BCUT2D eigenvalue weighted by atomic mass is 19.4. The van der Waals surface area contributed by atoms with Gasteiger partial charge >= 0.3 is 12.3 Å². The summed E-state index contributed by atoms with van der Waals surface area (Å²) in [6.07, 6.45) is -10.6. The number of rotatable bonds is 4. The molecule has 0 aliphatic heterocycles. The number of aliphatic hydroxyl groups is 1. The molecule has 1 unspecified atom stereocenters. The van der Waals surface area contributed by atoms with E-state index in [-0.39, 0.29) is 0 Å². The molecule has 9 heteroatoms. The molecule has 106 valence electrons. The molecule has 0 bridgehead atoms. The molecule has 0 heterocycles. The monoisotopic (exact) mass is 286 g/mol. The molecule has 0 amide bonds. The molecule has 0 aliphatic carbocycles. The highest BCUT2D eigenvalue weighted by Gasteiger charge is 2.34. The molecule has 0 fully saturated rings. The van der Waals surface area contributed by atoms with Gasteiger partial charge in [-0.15, -0.1) is 13.2 Å². The molecule has 0 aromatic heterocycles. The van der Waals surface area contributed by atoms with Gasteiger partial charge in [0.05, 0.1) is 0 Å². The number of aliphatic hydroxyl groups excluding tert-OH is 1. The Morgan fingerprint density at radius 2 is 1.84 bits per heavy atom. The van der Waals surface area contributed by atoms with Crippen molar-refractivity contribution in [2.45, 2.75) is 18.9 Å². The SMILES string of the molecule is O=C(O)C(O)c1ccc(C(F)F)cc1OC(F)(F)F. The van der Waals surface area contributed by atoms with Crippen LogP contribution in [-0.4, -0.2) is 22.5 Å². The third-order valence-corrected chi connectivity index (χ3v) is 2.04. The van der Waals surface area contributed by atoms with Gasteiger partial charge in [-0.05, 0) is 6.07 Å². The van der Waals surface area contributed by atoms with Crippen LogP contribution >= 0.6 is 0 Å². The number of ether oxygens (including phenoxy) is 1. The first-order valence-corrected chi connectivity index (χ1v) is 4.70. The minimum absolute atomic E-state index is 0.333. The van der Waals surface area contributed by atoms with Gasteiger partial charge in [0.1, 0.15) is 5.75 Å². The second kappa shape index (κ2) is 5.39. The van der Waals surface area contributed by atoms with Crippen molar-refractivity contribution in [2.75, 3.05) is 0 Å². The van der Waals surface area contributed by atoms with Crippen LogP contribution in [0.15, 0.2) is 18.2 Å². The Morgan fingerprint density at radius 1 is 1.26 bits per heavy atom. The molecule has 0 spiro atoms. The van der Waals surface area contributed by atoms with Gasteiger partial charge in [-0.2, -0.15) is 0 Å². The quantitative estimate of drug-likeness (QED) is 0.835. The molecule has 0 saturated heterocycles. The van der Waals surface area contributed by atoms with E-state index in [1.807, 2.05) is 0 Å². The Bertz CT molecular complexity index is 471. The van der Waals surface area contributed by atoms with E-state index in [1.165, 1.54) is 0 Å². The van der Waals surface area contributed by atoms with Gasteiger partial charge in [0, 0.05) is 11.1 Å². The zero-order valence-electron chi connectivity index (χ0n) is 8.99. The van der Waals surface area contributed by atoms with E-state index >= 15 is 0 Å². The van der Waals surface area contributed by atoms with Crippen LogP contribution in [0.25, 0.3) is 0 Å². The van der Waals surface area contributed by atoms with Crippen LogP contribution in [0.1, 0.15) is 23.7 Å². The second-order valence-corrected chi connectivity index (χ2v) is 3.39. The standard InChI is InChI=1S/C10H7F5O4/c11-8(12)4-1-2-5(7(16)9(17)18)6(3-4)19-10(13,14)15/h1-3,7-8,16H,(H,17,18). The van der Waals surface area contributed by atoms with Gasteiger partial charge in [0.15, 0.2) is 6.10 Å².